The predicted molar refractivity (Wildman–Crippen MR) is 102 cm³/mol. The molecule has 5 nitrogen and oxygen atoms in total. The first-order valence-corrected chi connectivity index (χ1v) is 9.23. The summed E-state index contributed by atoms with van der Waals surface area (Å²) in [4.78, 5) is 14.5. The third-order valence-electron chi connectivity index (χ3n) is 5.15. The van der Waals surface area contributed by atoms with Gasteiger partial charge in [-0.1, -0.05) is 60.7 Å². The van der Waals surface area contributed by atoms with Gasteiger partial charge in [0.2, 0.25) is 0 Å². The van der Waals surface area contributed by atoms with Crippen molar-refractivity contribution in [3.8, 4) is 0 Å². The van der Waals surface area contributed by atoms with Crippen molar-refractivity contribution in [2.75, 3.05) is 13.2 Å². The number of amides is 1. The highest BCUT2D eigenvalue weighted by Crippen LogP contribution is 2.34. The summed E-state index contributed by atoms with van der Waals surface area (Å²) in [6.45, 7) is 1.22. The fourth-order valence-electron chi connectivity index (χ4n) is 3.85. The van der Waals surface area contributed by atoms with E-state index in [1.807, 2.05) is 54.6 Å². The Morgan fingerprint density at radius 3 is 2.67 bits per heavy atom. The molecule has 2 aromatic carbocycles. The minimum Gasteiger partial charge on any atom is -0.445 e. The van der Waals surface area contributed by atoms with E-state index in [-0.39, 0.29) is 31.4 Å². The molecule has 0 spiro atoms. The van der Waals surface area contributed by atoms with Gasteiger partial charge in [0, 0.05) is 0 Å². The van der Waals surface area contributed by atoms with Crippen LogP contribution < -0.4 is 0 Å². The van der Waals surface area contributed by atoms with Crippen LogP contribution in [-0.2, 0) is 22.7 Å². The standard InChI is InChI=1S/C22H23NO4/c24-12-17-8-4-5-9-21(17)18-10-19-14-26-15-20(11-18)23(19)22(25)27-13-16-6-2-1-3-7-16/h1-10,19-20,24H,11-15H2. The third-order valence-corrected chi connectivity index (χ3v) is 5.15. The van der Waals surface area contributed by atoms with E-state index in [4.69, 9.17) is 9.47 Å². The van der Waals surface area contributed by atoms with Crippen LogP contribution in [0.1, 0.15) is 23.1 Å². The summed E-state index contributed by atoms with van der Waals surface area (Å²) in [6.07, 6.45) is 2.46. The third kappa shape index (κ3) is 3.75. The Labute approximate surface area is 158 Å². The van der Waals surface area contributed by atoms with Crippen LogP contribution in [0.3, 0.4) is 0 Å². The number of ether oxygens (including phenoxy) is 2. The molecule has 0 aliphatic carbocycles. The molecule has 1 N–H and O–H groups in total. The number of nitrogens with zero attached hydrogens (tertiary/aromatic N) is 1. The van der Waals surface area contributed by atoms with Gasteiger partial charge in [-0.15, -0.1) is 0 Å². The second kappa shape index (κ2) is 7.94. The number of carbonyl (C=O) groups is 1. The topological polar surface area (TPSA) is 59.0 Å². The van der Waals surface area contributed by atoms with Gasteiger partial charge in [0.25, 0.3) is 0 Å². The van der Waals surface area contributed by atoms with E-state index in [9.17, 15) is 9.90 Å². The summed E-state index contributed by atoms with van der Waals surface area (Å²) in [7, 11) is 0. The van der Waals surface area contributed by atoms with Crippen molar-refractivity contribution in [3.05, 3.63) is 77.4 Å². The lowest BCUT2D eigenvalue weighted by Gasteiger charge is -2.44. The molecule has 0 saturated carbocycles. The first-order chi connectivity index (χ1) is 13.3. The highest BCUT2D eigenvalue weighted by Gasteiger charge is 2.39. The second-order valence-corrected chi connectivity index (χ2v) is 6.92. The van der Waals surface area contributed by atoms with Gasteiger partial charge in [-0.3, -0.25) is 4.90 Å². The Bertz CT molecular complexity index is 833. The Morgan fingerprint density at radius 1 is 1.11 bits per heavy atom. The molecular weight excluding hydrogens is 342 g/mol. The van der Waals surface area contributed by atoms with Gasteiger partial charge in [0.15, 0.2) is 0 Å². The molecule has 0 aromatic heterocycles. The zero-order chi connectivity index (χ0) is 18.6. The van der Waals surface area contributed by atoms with Crippen molar-refractivity contribution in [2.24, 2.45) is 0 Å². The van der Waals surface area contributed by atoms with E-state index in [1.54, 1.807) is 4.90 Å². The molecule has 2 aliphatic rings. The smallest absolute Gasteiger partial charge is 0.411 e. The van der Waals surface area contributed by atoms with Gasteiger partial charge in [0.1, 0.15) is 6.61 Å². The maximum Gasteiger partial charge on any atom is 0.411 e. The van der Waals surface area contributed by atoms with Crippen LogP contribution in [0.15, 0.2) is 60.7 Å². The number of morpholine rings is 1. The van der Waals surface area contributed by atoms with E-state index in [2.05, 4.69) is 6.08 Å². The van der Waals surface area contributed by atoms with Crippen LogP contribution in [0.2, 0.25) is 0 Å². The van der Waals surface area contributed by atoms with E-state index in [0.717, 1.165) is 22.3 Å². The minimum atomic E-state index is -0.303. The van der Waals surface area contributed by atoms with Crippen molar-refractivity contribution < 1.29 is 19.4 Å². The van der Waals surface area contributed by atoms with E-state index in [0.29, 0.717) is 19.6 Å². The summed E-state index contributed by atoms with van der Waals surface area (Å²) in [5.74, 6) is 0. The lowest BCUT2D eigenvalue weighted by molar-refractivity contribution is -0.0342. The number of rotatable bonds is 4. The van der Waals surface area contributed by atoms with Crippen LogP contribution >= 0.6 is 0 Å². The zero-order valence-electron chi connectivity index (χ0n) is 15.1. The van der Waals surface area contributed by atoms with Crippen LogP contribution in [0.25, 0.3) is 5.57 Å². The Morgan fingerprint density at radius 2 is 1.89 bits per heavy atom. The largest absolute Gasteiger partial charge is 0.445 e. The molecule has 5 heteroatoms. The quantitative estimate of drug-likeness (QED) is 0.902. The highest BCUT2D eigenvalue weighted by atomic mass is 16.6. The van der Waals surface area contributed by atoms with Crippen LogP contribution in [0, 0.1) is 0 Å². The van der Waals surface area contributed by atoms with Gasteiger partial charge in [-0.25, -0.2) is 4.79 Å². The second-order valence-electron chi connectivity index (χ2n) is 6.92. The van der Waals surface area contributed by atoms with Crippen molar-refractivity contribution in [2.45, 2.75) is 31.7 Å². The molecule has 2 unspecified atom stereocenters. The van der Waals surface area contributed by atoms with Crippen LogP contribution in [0.4, 0.5) is 4.79 Å². The van der Waals surface area contributed by atoms with Crippen molar-refractivity contribution in [1.82, 2.24) is 4.90 Å². The molecule has 2 aromatic rings. The molecule has 4 rings (SSSR count). The summed E-state index contributed by atoms with van der Waals surface area (Å²) in [6, 6.07) is 17.3. The fourth-order valence-corrected chi connectivity index (χ4v) is 3.85. The van der Waals surface area contributed by atoms with Gasteiger partial charge < -0.3 is 14.6 Å². The van der Waals surface area contributed by atoms with E-state index < -0.39 is 0 Å². The summed E-state index contributed by atoms with van der Waals surface area (Å²) in [5, 5.41) is 9.63. The maximum atomic E-state index is 12.7. The van der Waals surface area contributed by atoms with Crippen molar-refractivity contribution in [3.63, 3.8) is 0 Å². The zero-order valence-corrected chi connectivity index (χ0v) is 15.1. The van der Waals surface area contributed by atoms with Crippen LogP contribution in [0.5, 0.6) is 0 Å². The molecule has 27 heavy (non-hydrogen) atoms. The Kier molecular flexibility index (Phi) is 5.23. The monoisotopic (exact) mass is 365 g/mol. The normalized spacial score (nSPS) is 21.5. The molecule has 0 radical (unpaired) electrons. The number of carbonyl (C=O) groups excluding carboxylic acids is 1. The SMILES string of the molecule is O=C(OCc1ccccc1)N1C2C=C(c3ccccc3CO)CC1COC2. The van der Waals surface area contributed by atoms with Gasteiger partial charge in [-0.05, 0) is 28.7 Å². The lowest BCUT2D eigenvalue weighted by Crippen LogP contribution is -2.56. The first-order valence-electron chi connectivity index (χ1n) is 9.23. The van der Waals surface area contributed by atoms with E-state index in [1.165, 1.54) is 0 Å². The summed E-state index contributed by atoms with van der Waals surface area (Å²) in [5.41, 5.74) is 4.08. The molecular formula is C22H23NO4. The van der Waals surface area contributed by atoms with Gasteiger partial charge >= 0.3 is 6.09 Å². The van der Waals surface area contributed by atoms with Crippen LogP contribution in [-0.4, -0.2) is 41.4 Å². The van der Waals surface area contributed by atoms with E-state index >= 15 is 0 Å². The fraction of sp³-hybridized carbons (Fsp3) is 0.318. The summed E-state index contributed by atoms with van der Waals surface area (Å²) < 4.78 is 11.2. The maximum absolute atomic E-state index is 12.7. The molecule has 1 fully saturated rings. The Balaban J connectivity index is 1.52. The van der Waals surface area contributed by atoms with Gasteiger partial charge in [-0.2, -0.15) is 0 Å². The summed E-state index contributed by atoms with van der Waals surface area (Å²) >= 11 is 0. The molecule has 2 heterocycles. The predicted octanol–water partition coefficient (Wildman–Crippen LogP) is 3.37. The molecule has 2 bridgehead atoms. The van der Waals surface area contributed by atoms with Crippen molar-refractivity contribution in [1.29, 1.82) is 0 Å². The first kappa shape index (κ1) is 17.8. The number of aliphatic hydroxyl groups is 1. The van der Waals surface area contributed by atoms with Crippen molar-refractivity contribution >= 4 is 11.7 Å². The number of benzene rings is 2. The molecule has 140 valence electrons. The Hall–Kier alpha value is -2.63. The lowest BCUT2D eigenvalue weighted by atomic mass is 9.88. The number of hydrogen-bond donors (Lipinski definition) is 1. The van der Waals surface area contributed by atoms with Gasteiger partial charge in [0.05, 0.1) is 31.9 Å². The number of aliphatic hydroxyl groups excluding tert-OH is 1. The average molecular weight is 365 g/mol. The number of fused-ring (bicyclic) bond motifs is 2. The molecule has 1 amide bonds. The molecule has 2 aliphatic heterocycles. The highest BCUT2D eigenvalue weighted by molar-refractivity contribution is 5.75. The minimum absolute atomic E-state index is 0.00216. The molecule has 1 saturated heterocycles. The number of hydrogen-bond acceptors (Lipinski definition) is 4. The average Bonchev–Trinajstić information content (AvgIpc) is 2.71. The molecule has 2 atom stereocenters.